The lowest BCUT2D eigenvalue weighted by atomic mass is 10.1. The molecule has 0 aliphatic carbocycles. The molecular formula is C16H20N2O2S. The van der Waals surface area contributed by atoms with E-state index in [1.807, 2.05) is 45.0 Å². The number of aromatic amines is 1. The maximum Gasteiger partial charge on any atom is 0.251 e. The highest BCUT2D eigenvalue weighted by molar-refractivity contribution is 7.99. The minimum absolute atomic E-state index is 0.101. The van der Waals surface area contributed by atoms with Crippen molar-refractivity contribution < 1.29 is 4.74 Å². The third kappa shape index (κ3) is 4.63. The number of nitrogens with zero attached hydrogens (tertiary/aromatic N) is 1. The number of rotatable bonds is 6. The van der Waals surface area contributed by atoms with E-state index in [9.17, 15) is 4.79 Å². The van der Waals surface area contributed by atoms with Crippen molar-refractivity contribution in [1.82, 2.24) is 9.97 Å². The van der Waals surface area contributed by atoms with Crippen molar-refractivity contribution in [3.63, 3.8) is 0 Å². The second-order valence-corrected chi connectivity index (χ2v) is 6.18. The average Bonchev–Trinajstić information content (AvgIpc) is 2.44. The number of nitrogens with one attached hydrogen (secondary N) is 1. The summed E-state index contributed by atoms with van der Waals surface area (Å²) in [7, 11) is 0. The molecule has 1 heterocycles. The zero-order valence-electron chi connectivity index (χ0n) is 12.6. The lowest BCUT2D eigenvalue weighted by Gasteiger charge is -2.09. The summed E-state index contributed by atoms with van der Waals surface area (Å²) < 4.78 is 5.73. The van der Waals surface area contributed by atoms with Gasteiger partial charge < -0.3 is 9.72 Å². The van der Waals surface area contributed by atoms with Crippen molar-refractivity contribution in [1.29, 1.82) is 0 Å². The number of H-pyrrole nitrogens is 1. The summed E-state index contributed by atoms with van der Waals surface area (Å²) in [5, 5.41) is 0.652. The molecule has 4 nitrogen and oxygen atoms in total. The third-order valence-electron chi connectivity index (χ3n) is 3.00. The van der Waals surface area contributed by atoms with Crippen LogP contribution in [0.15, 0.2) is 40.3 Å². The highest BCUT2D eigenvalue weighted by Crippen LogP contribution is 2.18. The van der Waals surface area contributed by atoms with Crippen LogP contribution in [0.2, 0.25) is 0 Å². The Balaban J connectivity index is 1.89. The summed E-state index contributed by atoms with van der Waals surface area (Å²) in [6.07, 6.45) is 0. The number of hydrogen-bond donors (Lipinski definition) is 1. The summed E-state index contributed by atoms with van der Waals surface area (Å²) in [6.45, 7) is 6.65. The van der Waals surface area contributed by atoms with E-state index >= 15 is 0 Å². The van der Waals surface area contributed by atoms with Crippen LogP contribution in [-0.2, 0) is 0 Å². The molecule has 1 N–H and O–H groups in total. The SMILES string of the molecule is Cc1ccccc1OCCSc1nc(C(C)C)cc(=O)[nH]1. The monoisotopic (exact) mass is 304 g/mol. The molecule has 0 amide bonds. The highest BCUT2D eigenvalue weighted by Gasteiger charge is 2.06. The Labute approximate surface area is 129 Å². The second kappa shape index (κ2) is 7.31. The fourth-order valence-electron chi connectivity index (χ4n) is 1.83. The zero-order chi connectivity index (χ0) is 15.2. The fourth-order valence-corrected chi connectivity index (χ4v) is 2.53. The number of thioether (sulfide) groups is 1. The molecule has 5 heteroatoms. The number of para-hydroxylation sites is 1. The molecule has 0 unspecified atom stereocenters. The molecule has 112 valence electrons. The summed E-state index contributed by atoms with van der Waals surface area (Å²) in [4.78, 5) is 18.8. The fraction of sp³-hybridized carbons (Fsp3) is 0.375. The normalized spacial score (nSPS) is 10.9. The smallest absolute Gasteiger partial charge is 0.251 e. The van der Waals surface area contributed by atoms with E-state index in [0.29, 0.717) is 11.8 Å². The first kappa shape index (κ1) is 15.6. The minimum atomic E-state index is -0.101. The van der Waals surface area contributed by atoms with Crippen molar-refractivity contribution in [2.75, 3.05) is 12.4 Å². The first-order valence-corrected chi connectivity index (χ1v) is 7.97. The van der Waals surface area contributed by atoms with E-state index < -0.39 is 0 Å². The van der Waals surface area contributed by atoms with Gasteiger partial charge in [0.1, 0.15) is 5.75 Å². The number of benzene rings is 1. The molecule has 0 bridgehead atoms. The first-order valence-electron chi connectivity index (χ1n) is 6.99. The molecule has 0 saturated carbocycles. The van der Waals surface area contributed by atoms with Crippen LogP contribution in [-0.4, -0.2) is 22.3 Å². The van der Waals surface area contributed by atoms with Gasteiger partial charge in [0.05, 0.1) is 12.3 Å². The van der Waals surface area contributed by atoms with Gasteiger partial charge in [-0.1, -0.05) is 43.8 Å². The number of ether oxygens (including phenoxy) is 1. The molecular weight excluding hydrogens is 284 g/mol. The van der Waals surface area contributed by atoms with Crippen molar-refractivity contribution in [3.8, 4) is 5.75 Å². The Morgan fingerprint density at radius 2 is 2.10 bits per heavy atom. The Morgan fingerprint density at radius 1 is 1.33 bits per heavy atom. The Morgan fingerprint density at radius 3 is 2.81 bits per heavy atom. The molecule has 0 spiro atoms. The van der Waals surface area contributed by atoms with Gasteiger partial charge in [-0.05, 0) is 24.5 Å². The van der Waals surface area contributed by atoms with E-state index in [0.717, 1.165) is 22.8 Å². The van der Waals surface area contributed by atoms with Crippen LogP contribution in [0.4, 0.5) is 0 Å². The molecule has 0 aliphatic rings. The minimum Gasteiger partial charge on any atom is -0.492 e. The maximum absolute atomic E-state index is 11.6. The molecule has 0 aliphatic heterocycles. The van der Waals surface area contributed by atoms with E-state index in [2.05, 4.69) is 9.97 Å². The first-order chi connectivity index (χ1) is 10.1. The van der Waals surface area contributed by atoms with Crippen LogP contribution >= 0.6 is 11.8 Å². The Hall–Kier alpha value is -1.75. The number of aryl methyl sites for hydroxylation is 1. The van der Waals surface area contributed by atoms with Gasteiger partial charge in [-0.3, -0.25) is 4.79 Å². The molecule has 2 aromatic rings. The van der Waals surface area contributed by atoms with E-state index in [-0.39, 0.29) is 11.5 Å². The highest BCUT2D eigenvalue weighted by atomic mass is 32.2. The molecule has 0 saturated heterocycles. The van der Waals surface area contributed by atoms with Gasteiger partial charge in [0.2, 0.25) is 0 Å². The molecule has 2 rings (SSSR count). The average molecular weight is 304 g/mol. The summed E-state index contributed by atoms with van der Waals surface area (Å²) in [5.41, 5.74) is 1.84. The Kier molecular flexibility index (Phi) is 5.44. The van der Waals surface area contributed by atoms with Gasteiger partial charge in [-0.2, -0.15) is 0 Å². The van der Waals surface area contributed by atoms with Gasteiger partial charge in [-0.25, -0.2) is 4.98 Å². The third-order valence-corrected chi connectivity index (χ3v) is 3.84. The Bertz CT molecular complexity index is 653. The van der Waals surface area contributed by atoms with Gasteiger partial charge >= 0.3 is 0 Å². The van der Waals surface area contributed by atoms with Gasteiger partial charge in [0.15, 0.2) is 5.16 Å². The zero-order valence-corrected chi connectivity index (χ0v) is 13.4. The standard InChI is InChI=1S/C16H20N2O2S/c1-11(2)13-10-15(19)18-16(17-13)21-9-8-20-14-7-5-4-6-12(14)3/h4-7,10-11H,8-9H2,1-3H3,(H,17,18,19). The number of aromatic nitrogens is 2. The van der Waals surface area contributed by atoms with Crippen molar-refractivity contribution in [3.05, 3.63) is 51.9 Å². The van der Waals surface area contributed by atoms with Gasteiger partial charge in [-0.15, -0.1) is 0 Å². The van der Waals surface area contributed by atoms with Crippen LogP contribution in [0.25, 0.3) is 0 Å². The topological polar surface area (TPSA) is 55.0 Å². The second-order valence-electron chi connectivity index (χ2n) is 5.09. The van der Waals surface area contributed by atoms with Crippen molar-refractivity contribution >= 4 is 11.8 Å². The number of hydrogen-bond acceptors (Lipinski definition) is 4. The summed E-state index contributed by atoms with van der Waals surface area (Å²) >= 11 is 1.50. The van der Waals surface area contributed by atoms with Crippen molar-refractivity contribution in [2.24, 2.45) is 0 Å². The molecule has 0 atom stereocenters. The molecule has 0 radical (unpaired) electrons. The van der Waals surface area contributed by atoms with E-state index in [1.165, 1.54) is 11.8 Å². The van der Waals surface area contributed by atoms with Gasteiger partial charge in [0, 0.05) is 11.8 Å². The van der Waals surface area contributed by atoms with Crippen molar-refractivity contribution in [2.45, 2.75) is 31.8 Å². The summed E-state index contributed by atoms with van der Waals surface area (Å²) in [5.74, 6) is 1.88. The lowest BCUT2D eigenvalue weighted by Crippen LogP contribution is -2.11. The predicted octanol–water partition coefficient (Wildman–Crippen LogP) is 3.37. The summed E-state index contributed by atoms with van der Waals surface area (Å²) in [6, 6.07) is 9.48. The van der Waals surface area contributed by atoms with Crippen LogP contribution < -0.4 is 10.3 Å². The largest absolute Gasteiger partial charge is 0.492 e. The lowest BCUT2D eigenvalue weighted by molar-refractivity contribution is 0.341. The van der Waals surface area contributed by atoms with Crippen LogP contribution in [0.3, 0.4) is 0 Å². The van der Waals surface area contributed by atoms with Crippen LogP contribution in [0.5, 0.6) is 5.75 Å². The van der Waals surface area contributed by atoms with E-state index in [4.69, 9.17) is 4.74 Å². The van der Waals surface area contributed by atoms with E-state index in [1.54, 1.807) is 6.07 Å². The molecule has 1 aromatic carbocycles. The molecule has 0 fully saturated rings. The predicted molar refractivity (Wildman–Crippen MR) is 86.3 cm³/mol. The van der Waals surface area contributed by atoms with Crippen LogP contribution in [0.1, 0.15) is 31.0 Å². The molecule has 1 aromatic heterocycles. The molecule has 21 heavy (non-hydrogen) atoms. The van der Waals surface area contributed by atoms with Gasteiger partial charge in [0.25, 0.3) is 5.56 Å². The van der Waals surface area contributed by atoms with Crippen LogP contribution in [0, 0.1) is 6.92 Å². The quantitative estimate of drug-likeness (QED) is 0.505. The maximum atomic E-state index is 11.6.